The Kier molecular flexibility index (Phi) is 3.71. The second kappa shape index (κ2) is 4.60. The van der Waals surface area contributed by atoms with Gasteiger partial charge in [0.25, 0.3) is 0 Å². The topological polar surface area (TPSA) is 49.4 Å². The van der Waals surface area contributed by atoms with Crippen molar-refractivity contribution in [2.75, 3.05) is 25.1 Å². The molecule has 2 amide bonds. The molecule has 0 aromatic carbocycles. The SMILES string of the molecule is CC(CS(C)=O)N1CCCNC1=O. The van der Waals surface area contributed by atoms with Crippen molar-refractivity contribution in [1.82, 2.24) is 10.2 Å². The molecular weight excluding hydrogens is 188 g/mol. The van der Waals surface area contributed by atoms with Gasteiger partial charge in [-0.2, -0.15) is 0 Å². The Bertz CT molecular complexity index is 220. The highest BCUT2D eigenvalue weighted by Crippen LogP contribution is 2.05. The van der Waals surface area contributed by atoms with E-state index in [0.29, 0.717) is 5.75 Å². The molecule has 13 heavy (non-hydrogen) atoms. The van der Waals surface area contributed by atoms with Crippen LogP contribution in [-0.2, 0) is 10.8 Å². The third kappa shape index (κ3) is 2.99. The maximum atomic E-state index is 11.3. The highest BCUT2D eigenvalue weighted by Gasteiger charge is 2.23. The summed E-state index contributed by atoms with van der Waals surface area (Å²) in [6.07, 6.45) is 2.64. The molecule has 2 unspecified atom stereocenters. The van der Waals surface area contributed by atoms with Crippen molar-refractivity contribution >= 4 is 16.8 Å². The lowest BCUT2D eigenvalue weighted by molar-refractivity contribution is 0.171. The van der Waals surface area contributed by atoms with E-state index in [9.17, 15) is 9.00 Å². The Morgan fingerprint density at radius 3 is 2.92 bits per heavy atom. The lowest BCUT2D eigenvalue weighted by atomic mass is 10.2. The van der Waals surface area contributed by atoms with Crippen molar-refractivity contribution in [3.8, 4) is 0 Å². The molecular formula is C8H16N2O2S. The number of carbonyl (C=O) groups is 1. The summed E-state index contributed by atoms with van der Waals surface area (Å²) in [5.41, 5.74) is 0. The molecule has 1 heterocycles. The summed E-state index contributed by atoms with van der Waals surface area (Å²) in [6.45, 7) is 3.48. The van der Waals surface area contributed by atoms with Crippen LogP contribution in [0.3, 0.4) is 0 Å². The van der Waals surface area contributed by atoms with Gasteiger partial charge in [0.1, 0.15) is 0 Å². The first kappa shape index (κ1) is 10.5. The van der Waals surface area contributed by atoms with Gasteiger partial charge in [0.15, 0.2) is 0 Å². The minimum absolute atomic E-state index is 0.0239. The molecule has 0 aliphatic carbocycles. The van der Waals surface area contributed by atoms with Crippen molar-refractivity contribution < 1.29 is 9.00 Å². The number of carbonyl (C=O) groups excluding carboxylic acids is 1. The van der Waals surface area contributed by atoms with Gasteiger partial charge in [-0.15, -0.1) is 0 Å². The molecule has 2 atom stereocenters. The molecule has 0 aromatic heterocycles. The summed E-state index contributed by atoms with van der Waals surface area (Å²) in [5.74, 6) is 0.563. The molecule has 4 nitrogen and oxygen atoms in total. The number of hydrogen-bond acceptors (Lipinski definition) is 2. The van der Waals surface area contributed by atoms with Crippen LogP contribution in [0.2, 0.25) is 0 Å². The lowest BCUT2D eigenvalue weighted by Crippen LogP contribution is -2.51. The van der Waals surface area contributed by atoms with E-state index in [2.05, 4.69) is 5.32 Å². The van der Waals surface area contributed by atoms with Gasteiger partial charge in [-0.25, -0.2) is 4.79 Å². The molecule has 1 N–H and O–H groups in total. The Labute approximate surface area is 81.1 Å². The molecule has 1 aliphatic rings. The van der Waals surface area contributed by atoms with E-state index in [1.807, 2.05) is 6.92 Å². The van der Waals surface area contributed by atoms with E-state index in [0.717, 1.165) is 19.5 Å². The van der Waals surface area contributed by atoms with Crippen LogP contribution in [0.5, 0.6) is 0 Å². The molecule has 0 aromatic rings. The molecule has 0 bridgehead atoms. The van der Waals surface area contributed by atoms with Crippen molar-refractivity contribution in [2.45, 2.75) is 19.4 Å². The van der Waals surface area contributed by atoms with Gasteiger partial charge in [-0.3, -0.25) is 4.21 Å². The molecule has 76 valence electrons. The van der Waals surface area contributed by atoms with Gasteiger partial charge in [-0.1, -0.05) is 0 Å². The first-order chi connectivity index (χ1) is 6.11. The standard InChI is InChI=1S/C8H16N2O2S/c1-7(6-13(2)12)10-5-3-4-9-8(10)11/h7H,3-6H2,1-2H3,(H,9,11). The van der Waals surface area contributed by atoms with Gasteiger partial charge < -0.3 is 10.2 Å². The molecule has 1 saturated heterocycles. The number of nitrogens with one attached hydrogen (secondary N) is 1. The Balaban J connectivity index is 2.48. The van der Waals surface area contributed by atoms with E-state index >= 15 is 0 Å². The lowest BCUT2D eigenvalue weighted by Gasteiger charge is -2.32. The van der Waals surface area contributed by atoms with E-state index in [1.165, 1.54) is 0 Å². The minimum atomic E-state index is -0.834. The molecule has 1 aliphatic heterocycles. The van der Waals surface area contributed by atoms with Gasteiger partial charge in [0, 0.05) is 41.9 Å². The third-order valence-electron chi connectivity index (χ3n) is 2.12. The zero-order valence-electron chi connectivity index (χ0n) is 8.08. The maximum absolute atomic E-state index is 11.3. The van der Waals surface area contributed by atoms with Gasteiger partial charge >= 0.3 is 6.03 Å². The molecule has 1 fully saturated rings. The molecule has 1 rings (SSSR count). The van der Waals surface area contributed by atoms with Gasteiger partial charge in [0.2, 0.25) is 0 Å². The second-order valence-corrected chi connectivity index (χ2v) is 4.85. The van der Waals surface area contributed by atoms with Crippen molar-refractivity contribution in [3.05, 3.63) is 0 Å². The number of nitrogens with zero attached hydrogens (tertiary/aromatic N) is 1. The summed E-state index contributed by atoms with van der Waals surface area (Å²) < 4.78 is 11.0. The van der Waals surface area contributed by atoms with E-state index in [4.69, 9.17) is 0 Å². The van der Waals surface area contributed by atoms with E-state index < -0.39 is 10.8 Å². The van der Waals surface area contributed by atoms with Crippen molar-refractivity contribution in [3.63, 3.8) is 0 Å². The summed E-state index contributed by atoms with van der Waals surface area (Å²) in [4.78, 5) is 13.1. The van der Waals surface area contributed by atoms with Crippen LogP contribution in [0.1, 0.15) is 13.3 Å². The van der Waals surface area contributed by atoms with E-state index in [1.54, 1.807) is 11.2 Å². The summed E-state index contributed by atoms with van der Waals surface area (Å²) >= 11 is 0. The van der Waals surface area contributed by atoms with Crippen molar-refractivity contribution in [2.24, 2.45) is 0 Å². The highest BCUT2D eigenvalue weighted by atomic mass is 32.2. The van der Waals surface area contributed by atoms with Crippen LogP contribution in [-0.4, -0.2) is 46.3 Å². The normalized spacial score (nSPS) is 22.3. The number of amides is 2. The fourth-order valence-corrected chi connectivity index (χ4v) is 2.36. The molecule has 0 spiro atoms. The summed E-state index contributed by atoms with van der Waals surface area (Å²) in [7, 11) is -0.834. The largest absolute Gasteiger partial charge is 0.338 e. The van der Waals surface area contributed by atoms with Crippen LogP contribution in [0.15, 0.2) is 0 Å². The van der Waals surface area contributed by atoms with Gasteiger partial charge in [-0.05, 0) is 13.3 Å². The predicted molar refractivity (Wildman–Crippen MR) is 53.1 cm³/mol. The first-order valence-corrected chi connectivity index (χ1v) is 6.18. The quantitative estimate of drug-likeness (QED) is 0.712. The Morgan fingerprint density at radius 1 is 1.69 bits per heavy atom. The third-order valence-corrected chi connectivity index (χ3v) is 3.07. The van der Waals surface area contributed by atoms with Gasteiger partial charge in [0.05, 0.1) is 0 Å². The zero-order valence-corrected chi connectivity index (χ0v) is 8.89. The average Bonchev–Trinajstić information content (AvgIpc) is 2.03. The van der Waals surface area contributed by atoms with Crippen LogP contribution in [0.25, 0.3) is 0 Å². The minimum Gasteiger partial charge on any atom is -0.338 e. The highest BCUT2D eigenvalue weighted by molar-refractivity contribution is 7.84. The summed E-state index contributed by atoms with van der Waals surface area (Å²) in [5, 5.41) is 2.77. The fourth-order valence-electron chi connectivity index (χ4n) is 1.50. The molecule has 5 heteroatoms. The smallest absolute Gasteiger partial charge is 0.317 e. The maximum Gasteiger partial charge on any atom is 0.317 e. The molecule has 0 radical (unpaired) electrons. The number of rotatable bonds is 3. The van der Waals surface area contributed by atoms with Crippen LogP contribution in [0, 0.1) is 0 Å². The first-order valence-electron chi connectivity index (χ1n) is 4.45. The summed E-state index contributed by atoms with van der Waals surface area (Å²) in [6, 6.07) is 0.0512. The second-order valence-electron chi connectivity index (χ2n) is 3.37. The zero-order chi connectivity index (χ0) is 9.84. The molecule has 0 saturated carbocycles. The Hall–Kier alpha value is -0.580. The fraction of sp³-hybridized carbons (Fsp3) is 0.875. The predicted octanol–water partition coefficient (Wildman–Crippen LogP) is 0.169. The average molecular weight is 204 g/mol. The van der Waals surface area contributed by atoms with E-state index in [-0.39, 0.29) is 12.1 Å². The Morgan fingerprint density at radius 2 is 2.38 bits per heavy atom. The van der Waals surface area contributed by atoms with Crippen molar-refractivity contribution in [1.29, 1.82) is 0 Å². The number of urea groups is 1. The monoisotopic (exact) mass is 204 g/mol. The number of hydrogen-bond donors (Lipinski definition) is 1. The van der Waals surface area contributed by atoms with Crippen LogP contribution in [0.4, 0.5) is 4.79 Å². The van der Waals surface area contributed by atoms with Crippen LogP contribution < -0.4 is 5.32 Å². The van der Waals surface area contributed by atoms with Crippen LogP contribution >= 0.6 is 0 Å².